The number of benzene rings is 3. The first-order valence-corrected chi connectivity index (χ1v) is 10.1. The van der Waals surface area contributed by atoms with E-state index in [0.29, 0.717) is 0 Å². The van der Waals surface area contributed by atoms with Gasteiger partial charge in [0.15, 0.2) is 0 Å². The molecule has 0 aliphatic rings. The van der Waals surface area contributed by atoms with Gasteiger partial charge in [0.1, 0.15) is 11.6 Å². The lowest BCUT2D eigenvalue weighted by Crippen LogP contribution is -2.26. The fourth-order valence-electron chi connectivity index (χ4n) is 2.70. The normalized spacial score (nSPS) is 11.1. The van der Waals surface area contributed by atoms with Gasteiger partial charge < -0.3 is 4.90 Å². The van der Waals surface area contributed by atoms with Crippen molar-refractivity contribution in [3.8, 4) is 0 Å². The van der Waals surface area contributed by atoms with Crippen LogP contribution in [0.1, 0.15) is 15.9 Å². The molecule has 0 spiro atoms. The number of carbonyl (C=O) groups excluding carboxylic acids is 1. The zero-order valence-electron chi connectivity index (χ0n) is 15.5. The summed E-state index contributed by atoms with van der Waals surface area (Å²) in [4.78, 5) is 13.9. The van der Waals surface area contributed by atoms with Crippen LogP contribution in [0.15, 0.2) is 77.7 Å². The molecular formula is C21H18F2N2O3S. The van der Waals surface area contributed by atoms with Crippen LogP contribution in [0.2, 0.25) is 0 Å². The van der Waals surface area contributed by atoms with Crippen LogP contribution in [0, 0.1) is 11.6 Å². The van der Waals surface area contributed by atoms with Crippen LogP contribution >= 0.6 is 0 Å². The fourth-order valence-corrected chi connectivity index (χ4v) is 3.81. The molecule has 0 saturated heterocycles. The quantitative estimate of drug-likeness (QED) is 0.660. The number of sulfonamides is 1. The Morgan fingerprint density at radius 1 is 0.966 bits per heavy atom. The van der Waals surface area contributed by atoms with Crippen LogP contribution in [0.3, 0.4) is 0 Å². The molecule has 3 rings (SSSR count). The summed E-state index contributed by atoms with van der Waals surface area (Å²) < 4.78 is 54.1. The van der Waals surface area contributed by atoms with E-state index in [1.54, 1.807) is 19.2 Å². The van der Waals surface area contributed by atoms with Crippen LogP contribution in [0.25, 0.3) is 0 Å². The van der Waals surface area contributed by atoms with Crippen LogP contribution in [0.5, 0.6) is 0 Å². The Hall–Kier alpha value is -3.26. The van der Waals surface area contributed by atoms with Crippen LogP contribution in [-0.4, -0.2) is 26.3 Å². The summed E-state index contributed by atoms with van der Waals surface area (Å²) in [6.07, 6.45) is 0. The molecule has 0 radical (unpaired) electrons. The Labute approximate surface area is 167 Å². The van der Waals surface area contributed by atoms with Crippen molar-refractivity contribution >= 4 is 21.6 Å². The third-order valence-corrected chi connectivity index (χ3v) is 5.55. The second-order valence-electron chi connectivity index (χ2n) is 6.40. The number of nitrogens with zero attached hydrogens (tertiary/aromatic N) is 1. The lowest BCUT2D eigenvalue weighted by atomic mass is 10.1. The Morgan fingerprint density at radius 2 is 1.66 bits per heavy atom. The Kier molecular flexibility index (Phi) is 5.93. The van der Waals surface area contributed by atoms with Gasteiger partial charge in [-0.1, -0.05) is 30.3 Å². The van der Waals surface area contributed by atoms with Gasteiger partial charge in [0.2, 0.25) is 0 Å². The summed E-state index contributed by atoms with van der Waals surface area (Å²) in [6, 6.07) is 16.6. The topological polar surface area (TPSA) is 66.5 Å². The van der Waals surface area contributed by atoms with Crippen molar-refractivity contribution in [2.45, 2.75) is 11.4 Å². The molecule has 1 N–H and O–H groups in total. The Balaban J connectivity index is 1.80. The number of nitrogens with one attached hydrogen (secondary N) is 1. The average molecular weight is 416 g/mol. The second kappa shape index (κ2) is 8.40. The smallest absolute Gasteiger partial charge is 0.262 e. The van der Waals surface area contributed by atoms with Gasteiger partial charge in [0.05, 0.1) is 10.6 Å². The van der Waals surface area contributed by atoms with E-state index in [4.69, 9.17) is 0 Å². The average Bonchev–Trinajstić information content (AvgIpc) is 2.71. The van der Waals surface area contributed by atoms with Crippen molar-refractivity contribution in [1.29, 1.82) is 0 Å². The van der Waals surface area contributed by atoms with Crippen molar-refractivity contribution in [2.75, 3.05) is 11.8 Å². The highest BCUT2D eigenvalue weighted by Crippen LogP contribution is 2.20. The molecule has 150 valence electrons. The van der Waals surface area contributed by atoms with Gasteiger partial charge in [-0.05, 0) is 48.0 Å². The predicted molar refractivity (Wildman–Crippen MR) is 106 cm³/mol. The molecular weight excluding hydrogens is 398 g/mol. The summed E-state index contributed by atoms with van der Waals surface area (Å²) in [5, 5.41) is 0. The Bertz CT molecular complexity index is 1130. The van der Waals surface area contributed by atoms with Crippen molar-refractivity contribution in [3.05, 3.63) is 95.6 Å². The molecule has 0 bridgehead atoms. The summed E-state index contributed by atoms with van der Waals surface area (Å²) in [5.74, 6) is -1.48. The van der Waals surface area contributed by atoms with Gasteiger partial charge in [-0.2, -0.15) is 0 Å². The highest BCUT2D eigenvalue weighted by molar-refractivity contribution is 7.92. The molecule has 1 amide bonds. The maximum absolute atomic E-state index is 13.8. The third-order valence-electron chi connectivity index (χ3n) is 4.19. The predicted octanol–water partition coefficient (Wildman–Crippen LogP) is 4.04. The molecule has 3 aromatic carbocycles. The molecule has 0 unspecified atom stereocenters. The van der Waals surface area contributed by atoms with Crippen LogP contribution < -0.4 is 4.72 Å². The molecule has 0 fully saturated rings. The maximum atomic E-state index is 13.8. The van der Waals surface area contributed by atoms with E-state index in [-0.39, 0.29) is 28.5 Å². The van der Waals surface area contributed by atoms with Crippen molar-refractivity contribution < 1.29 is 22.0 Å². The summed E-state index contributed by atoms with van der Waals surface area (Å²) >= 11 is 0. The molecule has 0 saturated carbocycles. The zero-order chi connectivity index (χ0) is 21.0. The number of amides is 1. The van der Waals surface area contributed by atoms with Gasteiger partial charge in [-0.25, -0.2) is 17.2 Å². The number of hydrogen-bond acceptors (Lipinski definition) is 3. The maximum Gasteiger partial charge on any atom is 0.262 e. The Morgan fingerprint density at radius 3 is 2.34 bits per heavy atom. The highest BCUT2D eigenvalue weighted by Gasteiger charge is 2.19. The number of carbonyl (C=O) groups is 1. The van der Waals surface area contributed by atoms with Crippen molar-refractivity contribution in [1.82, 2.24) is 4.90 Å². The van der Waals surface area contributed by atoms with E-state index < -0.39 is 21.7 Å². The van der Waals surface area contributed by atoms with E-state index in [0.717, 1.165) is 11.6 Å². The molecule has 0 atom stereocenters. The minimum Gasteiger partial charge on any atom is -0.337 e. The minimum absolute atomic E-state index is 0.158. The molecule has 0 heterocycles. The van der Waals surface area contributed by atoms with Crippen LogP contribution in [0.4, 0.5) is 14.5 Å². The summed E-state index contributed by atoms with van der Waals surface area (Å²) in [5.41, 5.74) is 0.705. The monoisotopic (exact) mass is 416 g/mol. The molecule has 8 heteroatoms. The van der Waals surface area contributed by atoms with E-state index in [1.165, 1.54) is 59.5 Å². The van der Waals surface area contributed by atoms with E-state index in [9.17, 15) is 22.0 Å². The first-order valence-electron chi connectivity index (χ1n) is 8.63. The van der Waals surface area contributed by atoms with E-state index >= 15 is 0 Å². The largest absolute Gasteiger partial charge is 0.337 e. The van der Waals surface area contributed by atoms with E-state index in [1.807, 2.05) is 0 Å². The third kappa shape index (κ3) is 4.97. The van der Waals surface area contributed by atoms with E-state index in [2.05, 4.69) is 4.72 Å². The summed E-state index contributed by atoms with van der Waals surface area (Å²) in [7, 11) is -2.52. The van der Waals surface area contributed by atoms with Crippen molar-refractivity contribution in [3.63, 3.8) is 0 Å². The fraction of sp³-hybridized carbons (Fsp3) is 0.0952. The first-order chi connectivity index (χ1) is 13.8. The molecule has 0 aliphatic heterocycles. The number of para-hydroxylation sites is 1. The zero-order valence-corrected chi connectivity index (χ0v) is 16.3. The standard InChI is InChI=1S/C21H18F2N2O3S/c1-25(14-15-9-11-17(22)12-10-15)21(26)16-5-4-6-18(13-16)29(27,28)24-20-8-3-2-7-19(20)23/h2-13,24H,14H2,1H3. The first kappa shape index (κ1) is 20.5. The number of rotatable bonds is 6. The van der Waals surface area contributed by atoms with Gasteiger partial charge >= 0.3 is 0 Å². The van der Waals surface area contributed by atoms with Gasteiger partial charge in [-0.15, -0.1) is 0 Å². The van der Waals surface area contributed by atoms with Gasteiger partial charge in [-0.3, -0.25) is 9.52 Å². The summed E-state index contributed by atoms with van der Waals surface area (Å²) in [6.45, 7) is 0.226. The second-order valence-corrected chi connectivity index (χ2v) is 8.08. The highest BCUT2D eigenvalue weighted by atomic mass is 32.2. The lowest BCUT2D eigenvalue weighted by Gasteiger charge is -2.18. The molecule has 0 aromatic heterocycles. The molecule has 0 aliphatic carbocycles. The lowest BCUT2D eigenvalue weighted by molar-refractivity contribution is 0.0785. The van der Waals surface area contributed by atoms with Gasteiger partial charge in [0, 0.05) is 19.2 Å². The number of hydrogen-bond donors (Lipinski definition) is 1. The number of anilines is 1. The molecule has 5 nitrogen and oxygen atoms in total. The SMILES string of the molecule is CN(Cc1ccc(F)cc1)C(=O)c1cccc(S(=O)(=O)Nc2ccccc2F)c1. The number of halogens is 2. The minimum atomic E-state index is -4.08. The molecule has 3 aromatic rings. The molecule has 29 heavy (non-hydrogen) atoms. The van der Waals surface area contributed by atoms with Gasteiger partial charge in [0.25, 0.3) is 15.9 Å². The van der Waals surface area contributed by atoms with Crippen LogP contribution in [-0.2, 0) is 16.6 Å². The van der Waals surface area contributed by atoms with Crippen molar-refractivity contribution in [2.24, 2.45) is 0 Å².